The zero-order valence-corrected chi connectivity index (χ0v) is 27.5. The summed E-state index contributed by atoms with van der Waals surface area (Å²) < 4.78 is 15.4. The third-order valence-electron chi connectivity index (χ3n) is 9.00. The maximum atomic E-state index is 12.4. The van der Waals surface area contributed by atoms with E-state index in [-0.39, 0.29) is 31.1 Å². The lowest BCUT2D eigenvalue weighted by Crippen LogP contribution is -2.32. The molecule has 1 aliphatic heterocycles. The minimum atomic E-state index is -0.776. The topological polar surface area (TPSA) is 123 Å². The van der Waals surface area contributed by atoms with Crippen molar-refractivity contribution in [1.29, 1.82) is 0 Å². The van der Waals surface area contributed by atoms with Gasteiger partial charge in [-0.2, -0.15) is 0 Å². The van der Waals surface area contributed by atoms with Crippen molar-refractivity contribution in [2.24, 2.45) is 0 Å². The third kappa shape index (κ3) is 9.20. The van der Waals surface area contributed by atoms with E-state index in [0.29, 0.717) is 32.4 Å². The Morgan fingerprint density at radius 3 is 2.35 bits per heavy atom. The number of nitrogens with zero attached hydrogens (tertiary/aromatic N) is 2. The van der Waals surface area contributed by atoms with Crippen LogP contribution in [0.5, 0.6) is 0 Å². The summed E-state index contributed by atoms with van der Waals surface area (Å²) in [7, 11) is 0. The van der Waals surface area contributed by atoms with Gasteiger partial charge in [-0.25, -0.2) is 4.98 Å². The van der Waals surface area contributed by atoms with Crippen LogP contribution in [0.3, 0.4) is 0 Å². The van der Waals surface area contributed by atoms with Crippen molar-refractivity contribution in [1.82, 2.24) is 14.9 Å². The maximum Gasteiger partial charge on any atom is 0.303 e. The van der Waals surface area contributed by atoms with Gasteiger partial charge < -0.3 is 29.6 Å². The first-order valence-electron chi connectivity index (χ1n) is 17.0. The number of carbonyl (C=O) groups is 2. The Bertz CT molecular complexity index is 1850. The van der Waals surface area contributed by atoms with Gasteiger partial charge in [-0.3, -0.25) is 9.59 Å². The van der Waals surface area contributed by atoms with Crippen LogP contribution in [0.1, 0.15) is 79.6 Å². The van der Waals surface area contributed by atoms with E-state index in [0.717, 1.165) is 63.7 Å². The van der Waals surface area contributed by atoms with Gasteiger partial charge in [0.2, 0.25) is 5.91 Å². The van der Waals surface area contributed by atoms with Crippen LogP contribution in [0.15, 0.2) is 103 Å². The molecule has 4 aromatic carbocycles. The summed E-state index contributed by atoms with van der Waals surface area (Å²) in [5.41, 5.74) is 7.86. The Morgan fingerprint density at radius 2 is 1.55 bits per heavy atom. The number of carboxylic acids is 1. The third-order valence-corrected chi connectivity index (χ3v) is 9.00. The Hall–Kier alpha value is -4.83. The molecule has 0 spiro atoms. The molecule has 5 aromatic rings. The van der Waals surface area contributed by atoms with Crippen molar-refractivity contribution in [3.05, 3.63) is 126 Å². The summed E-state index contributed by atoms with van der Waals surface area (Å²) >= 11 is 0. The first-order valence-corrected chi connectivity index (χ1v) is 17.0. The molecule has 1 aliphatic rings. The molecule has 9 nitrogen and oxygen atoms in total. The summed E-state index contributed by atoms with van der Waals surface area (Å²) in [4.78, 5) is 27.7. The summed E-state index contributed by atoms with van der Waals surface area (Å²) in [6, 6.07) is 32.4. The second-order valence-electron chi connectivity index (χ2n) is 12.6. The number of unbranched alkanes of at least 4 members (excludes halogenated alkanes) is 3. The highest BCUT2D eigenvalue weighted by Gasteiger charge is 2.33. The first-order chi connectivity index (χ1) is 23.9. The van der Waals surface area contributed by atoms with Crippen LogP contribution in [0.25, 0.3) is 22.2 Å². The van der Waals surface area contributed by atoms with E-state index in [2.05, 4.69) is 45.2 Å². The number of ether oxygens (including phenoxy) is 2. The molecule has 3 atom stereocenters. The number of benzene rings is 4. The van der Waals surface area contributed by atoms with Crippen molar-refractivity contribution in [2.75, 3.05) is 0 Å². The fourth-order valence-corrected chi connectivity index (χ4v) is 6.34. The van der Waals surface area contributed by atoms with E-state index in [1.807, 2.05) is 73.1 Å². The van der Waals surface area contributed by atoms with Gasteiger partial charge in [0, 0.05) is 31.4 Å². The van der Waals surface area contributed by atoms with Crippen LogP contribution in [0.4, 0.5) is 0 Å². The van der Waals surface area contributed by atoms with E-state index < -0.39 is 12.3 Å². The zero-order valence-electron chi connectivity index (χ0n) is 27.5. The molecule has 6 rings (SSSR count). The molecule has 1 saturated heterocycles. The predicted octanol–water partition coefficient (Wildman–Crippen LogP) is 7.48. The summed E-state index contributed by atoms with van der Waals surface area (Å²) in [6.07, 6.45) is 5.26. The quantitative estimate of drug-likeness (QED) is 0.0994. The van der Waals surface area contributed by atoms with Gasteiger partial charge in [0.15, 0.2) is 6.29 Å². The lowest BCUT2D eigenvalue weighted by atomic mass is 9.98. The number of amides is 1. The highest BCUT2D eigenvalue weighted by molar-refractivity contribution is 5.76. The van der Waals surface area contributed by atoms with Gasteiger partial charge in [0.05, 0.1) is 42.7 Å². The van der Waals surface area contributed by atoms with Crippen molar-refractivity contribution in [3.63, 3.8) is 0 Å². The van der Waals surface area contributed by atoms with Crippen LogP contribution in [0.2, 0.25) is 0 Å². The molecule has 2 heterocycles. The van der Waals surface area contributed by atoms with Crippen LogP contribution in [-0.2, 0) is 38.8 Å². The molecule has 9 heteroatoms. The number of hydrogen-bond acceptors (Lipinski definition) is 6. The number of carbonyl (C=O) groups excluding carboxylic acids is 1. The first kappa shape index (κ1) is 34.0. The lowest BCUT2D eigenvalue weighted by molar-refractivity contribution is -0.252. The van der Waals surface area contributed by atoms with Gasteiger partial charge in [-0.05, 0) is 64.9 Å². The van der Waals surface area contributed by atoms with Gasteiger partial charge in [-0.1, -0.05) is 85.6 Å². The number of aliphatic hydroxyl groups is 1. The fraction of sp³-hybridized carbons (Fsp3) is 0.325. The number of aliphatic carboxylic acids is 1. The highest BCUT2D eigenvalue weighted by Crippen LogP contribution is 2.39. The molecule has 1 amide bonds. The number of fused-ring (bicyclic) bond motifs is 1. The Kier molecular flexibility index (Phi) is 11.5. The number of aliphatic hydroxyl groups excluding tert-OH is 1. The number of aromatic nitrogens is 2. The maximum absolute atomic E-state index is 12.4. The second-order valence-corrected chi connectivity index (χ2v) is 12.6. The number of imidazole rings is 1. The molecule has 0 aliphatic carbocycles. The van der Waals surface area contributed by atoms with E-state index in [1.54, 1.807) is 0 Å². The SMILES string of the molecule is O=C(O)CCCCCCC(=O)NCc1cccc(-c2cccc([C@H]3O[C@@H](Cn4cnc5ccccc54)C[C@@H](c4ccc(CO)cc4)O3)c2)c1. The number of rotatable bonds is 15. The molecule has 254 valence electrons. The van der Waals surface area contributed by atoms with Gasteiger partial charge in [0.25, 0.3) is 0 Å². The monoisotopic (exact) mass is 661 g/mol. The number of hydrogen-bond donors (Lipinski definition) is 3. The largest absolute Gasteiger partial charge is 0.481 e. The van der Waals surface area contributed by atoms with Crippen molar-refractivity contribution < 1.29 is 29.3 Å². The highest BCUT2D eigenvalue weighted by atomic mass is 16.7. The number of para-hydroxylation sites is 2. The molecule has 3 N–H and O–H groups in total. The summed E-state index contributed by atoms with van der Waals surface area (Å²) in [5.74, 6) is -0.780. The van der Waals surface area contributed by atoms with Crippen LogP contribution >= 0.6 is 0 Å². The Labute approximate surface area is 286 Å². The van der Waals surface area contributed by atoms with Crippen molar-refractivity contribution in [3.8, 4) is 11.1 Å². The molecule has 1 fully saturated rings. The molecule has 0 bridgehead atoms. The molecular formula is C40H43N3O6. The molecule has 0 unspecified atom stereocenters. The minimum Gasteiger partial charge on any atom is -0.481 e. The molecule has 49 heavy (non-hydrogen) atoms. The molecule has 0 radical (unpaired) electrons. The average molecular weight is 662 g/mol. The smallest absolute Gasteiger partial charge is 0.303 e. The zero-order chi connectivity index (χ0) is 34.0. The van der Waals surface area contributed by atoms with Crippen molar-refractivity contribution in [2.45, 2.75) is 83.1 Å². The van der Waals surface area contributed by atoms with Crippen molar-refractivity contribution >= 4 is 22.9 Å². The normalized spacial score (nSPS) is 17.6. The standard InChI is InChI=1S/C40H43N3O6/c44-26-28-17-19-30(20-18-28)37-23-34(25-43-27-42-35-13-5-6-14-36(35)43)48-40(49-37)33-12-8-11-32(22-33)31-10-7-9-29(21-31)24-41-38(45)15-3-1-2-4-16-39(46)47/h5-14,17-22,27,34,37,40,44H,1-4,15-16,23-26H2,(H,41,45)(H,46,47)/t34-,37+,40+/m1/s1. The minimum absolute atomic E-state index is 0.00368. The fourth-order valence-electron chi connectivity index (χ4n) is 6.34. The van der Waals surface area contributed by atoms with E-state index >= 15 is 0 Å². The van der Waals surface area contributed by atoms with Crippen LogP contribution in [0, 0.1) is 0 Å². The van der Waals surface area contributed by atoms with E-state index in [4.69, 9.17) is 14.6 Å². The van der Waals surface area contributed by atoms with E-state index in [1.165, 1.54) is 0 Å². The van der Waals surface area contributed by atoms with Gasteiger partial charge in [-0.15, -0.1) is 0 Å². The summed E-state index contributed by atoms with van der Waals surface area (Å²) in [5, 5.41) is 21.3. The molecular weight excluding hydrogens is 618 g/mol. The van der Waals surface area contributed by atoms with Crippen LogP contribution in [-0.4, -0.2) is 37.7 Å². The average Bonchev–Trinajstić information content (AvgIpc) is 3.54. The lowest BCUT2D eigenvalue weighted by Gasteiger charge is -2.36. The van der Waals surface area contributed by atoms with Gasteiger partial charge in [0.1, 0.15) is 0 Å². The Morgan fingerprint density at radius 1 is 0.796 bits per heavy atom. The van der Waals surface area contributed by atoms with Gasteiger partial charge >= 0.3 is 5.97 Å². The second kappa shape index (κ2) is 16.5. The number of carboxylic acid groups (broad SMARTS) is 1. The number of nitrogens with one attached hydrogen (secondary N) is 1. The molecule has 0 saturated carbocycles. The predicted molar refractivity (Wildman–Crippen MR) is 187 cm³/mol. The summed E-state index contributed by atoms with van der Waals surface area (Å²) in [6.45, 7) is 1.05. The Balaban J connectivity index is 1.14. The van der Waals surface area contributed by atoms with E-state index in [9.17, 15) is 14.7 Å². The molecule has 1 aromatic heterocycles. The van der Waals surface area contributed by atoms with Crippen LogP contribution < -0.4 is 5.32 Å².